The Kier molecular flexibility index (Phi) is 6.17. The summed E-state index contributed by atoms with van der Waals surface area (Å²) in [5.74, 6) is 0. The van der Waals surface area contributed by atoms with Crippen molar-refractivity contribution in [3.63, 3.8) is 0 Å². The second-order valence-corrected chi connectivity index (χ2v) is 5.65. The number of benzene rings is 2. The molecular weight excluding hydrogens is 315 g/mol. The zero-order valence-corrected chi connectivity index (χ0v) is 13.3. The zero-order chi connectivity index (χ0) is 17.6. The molecule has 2 rings (SSSR count). The quantitative estimate of drug-likeness (QED) is 0.858. The van der Waals surface area contributed by atoms with Crippen molar-refractivity contribution in [1.29, 1.82) is 0 Å². The molecule has 2 aromatic rings. The normalized spacial score (nSPS) is 14.9. The number of nitrogens with zero attached hydrogens (tertiary/aromatic N) is 1. The summed E-state index contributed by atoms with van der Waals surface area (Å²) in [6, 6.07) is 17.1. The fourth-order valence-corrected chi connectivity index (χ4v) is 2.44. The number of aliphatic hydroxyl groups is 1. The minimum atomic E-state index is -4.68. The summed E-state index contributed by atoms with van der Waals surface area (Å²) in [4.78, 5) is 1.49. The van der Waals surface area contributed by atoms with Crippen LogP contribution < -0.4 is 0 Å². The number of hydrogen-bond acceptors (Lipinski definition) is 2. The third-order valence-corrected chi connectivity index (χ3v) is 3.73. The van der Waals surface area contributed by atoms with Gasteiger partial charge < -0.3 is 5.11 Å². The van der Waals surface area contributed by atoms with Crippen LogP contribution in [0.3, 0.4) is 0 Å². The number of hydrogen-bond donors (Lipinski definition) is 1. The van der Waals surface area contributed by atoms with E-state index in [1.165, 1.54) is 11.0 Å². The number of halogens is 3. The van der Waals surface area contributed by atoms with E-state index in [2.05, 4.69) is 0 Å². The lowest BCUT2D eigenvalue weighted by molar-refractivity contribution is -0.216. The Labute approximate surface area is 139 Å². The molecule has 2 atom stereocenters. The third-order valence-electron chi connectivity index (χ3n) is 3.73. The maximum atomic E-state index is 13.0. The van der Waals surface area contributed by atoms with Crippen molar-refractivity contribution in [1.82, 2.24) is 4.90 Å². The number of aliphatic hydroxyl groups excluding tert-OH is 1. The Morgan fingerprint density at radius 1 is 1.00 bits per heavy atom. The highest BCUT2D eigenvalue weighted by atomic mass is 19.4. The van der Waals surface area contributed by atoms with Crippen LogP contribution in [0.2, 0.25) is 0 Å². The lowest BCUT2D eigenvalue weighted by Gasteiger charge is -2.30. The molecule has 0 amide bonds. The van der Waals surface area contributed by atoms with Crippen LogP contribution in [0.1, 0.15) is 11.1 Å². The molecule has 24 heavy (non-hydrogen) atoms. The van der Waals surface area contributed by atoms with Crippen LogP contribution in [0.4, 0.5) is 13.2 Å². The Morgan fingerprint density at radius 2 is 1.54 bits per heavy atom. The number of rotatable bonds is 6. The van der Waals surface area contributed by atoms with Crippen LogP contribution in [0.25, 0.3) is 6.08 Å². The minimum Gasteiger partial charge on any atom is -0.382 e. The second-order valence-electron chi connectivity index (χ2n) is 5.65. The Balaban J connectivity index is 2.20. The lowest BCUT2D eigenvalue weighted by Crippen LogP contribution is -2.47. The summed E-state index contributed by atoms with van der Waals surface area (Å²) in [5, 5.41) is 9.75. The van der Waals surface area contributed by atoms with E-state index in [1.807, 2.05) is 48.5 Å². The molecule has 0 heterocycles. The molecule has 0 bridgehead atoms. The van der Waals surface area contributed by atoms with Crippen LogP contribution in [0.5, 0.6) is 0 Å². The summed E-state index contributed by atoms with van der Waals surface area (Å²) in [5.41, 5.74) is 1.66. The smallest absolute Gasteiger partial charge is 0.382 e. The molecule has 0 aliphatic carbocycles. The summed E-state index contributed by atoms with van der Waals surface area (Å²) in [6.07, 6.45) is -4.14. The molecular formula is C19H20F3NO. The van der Waals surface area contributed by atoms with E-state index in [9.17, 15) is 18.3 Å². The molecule has 0 saturated carbocycles. The van der Waals surface area contributed by atoms with E-state index in [0.29, 0.717) is 6.54 Å². The van der Waals surface area contributed by atoms with Gasteiger partial charge in [-0.05, 0) is 18.2 Å². The molecule has 1 N–H and O–H groups in total. The topological polar surface area (TPSA) is 23.5 Å². The largest absolute Gasteiger partial charge is 0.416 e. The van der Waals surface area contributed by atoms with Crippen LogP contribution in [0, 0.1) is 0 Å². The van der Waals surface area contributed by atoms with E-state index in [4.69, 9.17) is 0 Å². The highest BCUT2D eigenvalue weighted by Gasteiger charge is 2.44. The first-order valence-electron chi connectivity index (χ1n) is 7.60. The molecule has 0 saturated heterocycles. The van der Waals surface area contributed by atoms with Gasteiger partial charge in [-0.15, -0.1) is 0 Å². The van der Waals surface area contributed by atoms with E-state index in [1.54, 1.807) is 25.3 Å². The van der Waals surface area contributed by atoms with Crippen molar-refractivity contribution < 1.29 is 18.3 Å². The van der Waals surface area contributed by atoms with Crippen LogP contribution in [-0.4, -0.2) is 35.4 Å². The molecule has 0 fully saturated rings. The summed E-state index contributed by atoms with van der Waals surface area (Å²) < 4.78 is 39.0. The predicted octanol–water partition coefficient (Wildman–Crippen LogP) is 4.12. The fourth-order valence-electron chi connectivity index (χ4n) is 2.44. The number of alkyl halides is 3. The van der Waals surface area contributed by atoms with Gasteiger partial charge in [-0.25, -0.2) is 0 Å². The third kappa shape index (κ3) is 5.22. The summed E-state index contributed by atoms with van der Waals surface area (Å²) in [6.45, 7) is 0.303. The van der Waals surface area contributed by atoms with Crippen molar-refractivity contribution in [2.24, 2.45) is 0 Å². The highest BCUT2D eigenvalue weighted by molar-refractivity contribution is 5.49. The molecule has 2 nitrogen and oxygen atoms in total. The summed E-state index contributed by atoms with van der Waals surface area (Å²) >= 11 is 0. The van der Waals surface area contributed by atoms with E-state index in [-0.39, 0.29) is 0 Å². The van der Waals surface area contributed by atoms with Crippen LogP contribution in [-0.2, 0) is 6.54 Å². The van der Waals surface area contributed by atoms with E-state index < -0.39 is 18.3 Å². The molecule has 2 aromatic carbocycles. The predicted molar refractivity (Wildman–Crippen MR) is 89.2 cm³/mol. The minimum absolute atomic E-state index is 0.303. The van der Waals surface area contributed by atoms with Gasteiger partial charge in [0.2, 0.25) is 0 Å². The van der Waals surface area contributed by atoms with Crippen molar-refractivity contribution >= 4 is 6.08 Å². The molecule has 128 valence electrons. The molecule has 0 aliphatic heterocycles. The molecule has 0 aromatic heterocycles. The Morgan fingerprint density at radius 3 is 2.08 bits per heavy atom. The van der Waals surface area contributed by atoms with Gasteiger partial charge in [-0.3, -0.25) is 4.90 Å². The molecule has 5 heteroatoms. The second kappa shape index (κ2) is 8.13. The first-order valence-corrected chi connectivity index (χ1v) is 7.60. The van der Waals surface area contributed by atoms with Crippen LogP contribution >= 0.6 is 0 Å². The monoisotopic (exact) mass is 335 g/mol. The van der Waals surface area contributed by atoms with Gasteiger partial charge in [0.15, 0.2) is 6.10 Å². The highest BCUT2D eigenvalue weighted by Crippen LogP contribution is 2.26. The standard InChI is InChI=1S/C19H20F3NO/c1-23(14-16-10-6-3-7-11-16)17(18(24)19(20,21)22)13-12-15-8-4-2-5-9-15/h2-13,17-18,24H,14H2,1H3/b13-12+/t17-,18-/m0/s1. The molecule has 0 aliphatic rings. The maximum Gasteiger partial charge on any atom is 0.416 e. The van der Waals surface area contributed by atoms with Crippen molar-refractivity contribution in [3.8, 4) is 0 Å². The Bertz CT molecular complexity index is 641. The zero-order valence-electron chi connectivity index (χ0n) is 13.3. The van der Waals surface area contributed by atoms with Crippen molar-refractivity contribution in [3.05, 3.63) is 77.9 Å². The molecule has 0 radical (unpaired) electrons. The van der Waals surface area contributed by atoms with Gasteiger partial charge in [0, 0.05) is 6.54 Å². The van der Waals surface area contributed by atoms with Gasteiger partial charge in [0.1, 0.15) is 0 Å². The fraction of sp³-hybridized carbons (Fsp3) is 0.263. The van der Waals surface area contributed by atoms with Gasteiger partial charge in [0.25, 0.3) is 0 Å². The molecule has 0 spiro atoms. The van der Waals surface area contributed by atoms with Gasteiger partial charge in [-0.2, -0.15) is 13.2 Å². The summed E-state index contributed by atoms with van der Waals surface area (Å²) in [7, 11) is 1.57. The first kappa shape index (κ1) is 18.2. The van der Waals surface area contributed by atoms with Crippen molar-refractivity contribution in [2.75, 3.05) is 7.05 Å². The van der Waals surface area contributed by atoms with Gasteiger partial charge in [-0.1, -0.05) is 72.8 Å². The SMILES string of the molecule is CN(Cc1ccccc1)[C@@H](/C=C/c1ccccc1)[C@H](O)C(F)(F)F. The first-order chi connectivity index (χ1) is 11.4. The average Bonchev–Trinajstić information content (AvgIpc) is 2.56. The van der Waals surface area contributed by atoms with Crippen molar-refractivity contribution in [2.45, 2.75) is 24.9 Å². The molecule has 0 unspecified atom stereocenters. The average molecular weight is 335 g/mol. The van der Waals surface area contributed by atoms with E-state index >= 15 is 0 Å². The maximum absolute atomic E-state index is 13.0. The van der Waals surface area contributed by atoms with Crippen LogP contribution in [0.15, 0.2) is 66.7 Å². The van der Waals surface area contributed by atoms with E-state index in [0.717, 1.165) is 11.1 Å². The van der Waals surface area contributed by atoms with Gasteiger partial charge >= 0.3 is 6.18 Å². The lowest BCUT2D eigenvalue weighted by atomic mass is 10.1. The Hall–Kier alpha value is -2.11. The number of likely N-dealkylation sites (N-methyl/N-ethyl adjacent to an activating group) is 1. The van der Waals surface area contributed by atoms with Gasteiger partial charge in [0.05, 0.1) is 6.04 Å².